The van der Waals surface area contributed by atoms with Crippen LogP contribution in [0.5, 0.6) is 23.0 Å². The summed E-state index contributed by atoms with van der Waals surface area (Å²) >= 11 is 0. The van der Waals surface area contributed by atoms with Crippen LogP contribution in [-0.4, -0.2) is 22.6 Å². The van der Waals surface area contributed by atoms with Gasteiger partial charge in [-0.25, -0.2) is 0 Å². The molecule has 0 radical (unpaired) electrons. The maximum atomic E-state index is 8.13. The first-order chi connectivity index (χ1) is 42.9. The normalized spacial score (nSPS) is 18.0. The van der Waals surface area contributed by atoms with Gasteiger partial charge in [0.2, 0.25) is 0 Å². The van der Waals surface area contributed by atoms with E-state index in [0.29, 0.717) is 23.7 Å². The molecular weight excluding hydrogens is 1070 g/mol. The predicted octanol–water partition coefficient (Wildman–Crippen LogP) is 18.3. The summed E-state index contributed by atoms with van der Waals surface area (Å²) in [6.07, 6.45) is 20.5. The Labute approximate surface area is 519 Å². The molecule has 0 spiro atoms. The van der Waals surface area contributed by atoms with Gasteiger partial charge in [0.1, 0.15) is 23.0 Å². The molecule has 4 nitrogen and oxygen atoms in total. The van der Waals surface area contributed by atoms with Crippen LogP contribution in [0.1, 0.15) is 201 Å². The largest absolute Gasteiger partial charge is 0.456 e. The average molecular weight is 1150 g/mol. The fourth-order valence-corrected chi connectivity index (χ4v) is 18.8. The lowest BCUT2D eigenvalue weighted by Crippen LogP contribution is -2.63. The number of nitrogens with zero attached hydrogens (tertiary/aromatic N) is 2. The monoisotopic (exact) mass is 1140 g/mol. The molecule has 0 bridgehead atoms. The van der Waals surface area contributed by atoms with Gasteiger partial charge in [-0.1, -0.05) is 190 Å². The molecule has 0 amide bonds. The van der Waals surface area contributed by atoms with Gasteiger partial charge in [0, 0.05) is 43.5 Å². The van der Waals surface area contributed by atoms with Gasteiger partial charge in [0.15, 0.2) is 0 Å². The number of rotatable bonds is 6. The van der Waals surface area contributed by atoms with Crippen LogP contribution < -0.4 is 42.3 Å². The van der Waals surface area contributed by atoms with E-state index in [1.54, 1.807) is 0 Å². The number of hydrogen-bond donors (Lipinski definition) is 0. The number of aromatic nitrogens is 2. The van der Waals surface area contributed by atoms with Crippen LogP contribution in [-0.2, 0) is 10.8 Å². The molecule has 434 valence electrons. The summed E-state index contributed by atoms with van der Waals surface area (Å²) in [6, 6.07) is 59.1. The Bertz CT molecular complexity index is 4480. The smallest absolute Gasteiger partial charge is 0.256 e. The molecular formula is C82H78B2N2O2. The van der Waals surface area contributed by atoms with Crippen LogP contribution in [0.15, 0.2) is 146 Å². The number of hydrogen-bond acceptors (Lipinski definition) is 2. The molecule has 0 atom stereocenters. The SMILES string of the molecule is CC(C)(C)c1ccc(-c2ccc3c(c2)Oc2c4c(c5c6c2-n2c7ccc(C8CCCC8)cc7c7cc(C8CCCC8)cc(c72)B6c2ccc(-c6ccc(C(C)(C)C)cc6)cc2O5)-n2c5ccc(C6CCCC6)cc5c5cc(C6CCCC6)cc(c52)B34)cc1. The van der Waals surface area contributed by atoms with Crippen molar-refractivity contribution in [3.63, 3.8) is 0 Å². The maximum absolute atomic E-state index is 8.13. The van der Waals surface area contributed by atoms with Crippen LogP contribution in [0.4, 0.5) is 0 Å². The third-order valence-electron chi connectivity index (χ3n) is 23.5. The minimum absolute atomic E-state index is 0.0604. The minimum Gasteiger partial charge on any atom is -0.456 e. The van der Waals surface area contributed by atoms with Gasteiger partial charge in [-0.3, -0.25) is 0 Å². The molecule has 11 aromatic rings. The van der Waals surface area contributed by atoms with E-state index in [4.69, 9.17) is 9.47 Å². The van der Waals surface area contributed by atoms with Gasteiger partial charge in [-0.2, -0.15) is 0 Å². The summed E-state index contributed by atoms with van der Waals surface area (Å²) in [4.78, 5) is 0. The highest BCUT2D eigenvalue weighted by atomic mass is 16.5. The molecule has 4 aliphatic heterocycles. The topological polar surface area (TPSA) is 28.3 Å². The lowest BCUT2D eigenvalue weighted by atomic mass is 9.31. The molecule has 0 saturated heterocycles. The van der Waals surface area contributed by atoms with Crippen molar-refractivity contribution in [2.24, 2.45) is 0 Å². The molecule has 2 aromatic heterocycles. The van der Waals surface area contributed by atoms with Crippen molar-refractivity contribution < 1.29 is 9.47 Å². The second-order valence-electron chi connectivity index (χ2n) is 30.6. The van der Waals surface area contributed by atoms with E-state index >= 15 is 0 Å². The van der Waals surface area contributed by atoms with E-state index in [1.807, 2.05) is 0 Å². The van der Waals surface area contributed by atoms with Crippen molar-refractivity contribution in [3.8, 4) is 56.6 Å². The molecule has 88 heavy (non-hydrogen) atoms. The van der Waals surface area contributed by atoms with Crippen LogP contribution in [0.2, 0.25) is 0 Å². The summed E-state index contributed by atoms with van der Waals surface area (Å²) in [5, 5.41) is 5.55. The van der Waals surface area contributed by atoms with Crippen molar-refractivity contribution >= 4 is 89.8 Å². The zero-order chi connectivity index (χ0) is 58.6. The standard InChI is InChI=1S/C82H78B2N2O2/c1-81(2,3)59-31-23-51(24-32-59)55-27-35-65-71(45-55)87-79-73-78(86-70-38-30-54(48-17-9-10-18-48)39-61(70)63-41-57(49-19-11-12-20-49)43-67(75(63)86)83(65)73)80-74-77(79)85-69-37-29-53(47-15-7-8-16-47)40-62(69)64-42-58(50-21-13-14-22-50)44-68(76(64)85)84(74)66-36-28-56(46-72(66)88-80)52-25-33-60(34-26-52)82(4,5)6/h23-50H,7-22H2,1-6H3. The molecule has 6 heterocycles. The quantitative estimate of drug-likeness (QED) is 0.155. The first-order valence-electron chi connectivity index (χ1n) is 34.2. The average Bonchev–Trinajstić information content (AvgIpc) is 1.25. The van der Waals surface area contributed by atoms with Crippen LogP contribution in [0.25, 0.3) is 77.2 Å². The van der Waals surface area contributed by atoms with Crippen molar-refractivity contribution in [1.82, 2.24) is 9.13 Å². The van der Waals surface area contributed by atoms with Crippen LogP contribution >= 0.6 is 0 Å². The summed E-state index contributed by atoms with van der Waals surface area (Å²) in [7, 11) is 0. The summed E-state index contributed by atoms with van der Waals surface area (Å²) in [5.41, 5.74) is 28.9. The Balaban J connectivity index is 0.951. The molecule has 0 unspecified atom stereocenters. The van der Waals surface area contributed by atoms with E-state index in [-0.39, 0.29) is 24.3 Å². The summed E-state index contributed by atoms with van der Waals surface area (Å²) in [5.74, 6) is 6.16. The Morgan fingerprint density at radius 1 is 0.341 bits per heavy atom. The first kappa shape index (κ1) is 52.3. The van der Waals surface area contributed by atoms with Crippen LogP contribution in [0.3, 0.4) is 0 Å². The van der Waals surface area contributed by atoms with E-state index in [2.05, 4.69) is 196 Å². The Morgan fingerprint density at radius 2 is 0.682 bits per heavy atom. The summed E-state index contributed by atoms with van der Waals surface area (Å²) < 4.78 is 21.7. The van der Waals surface area contributed by atoms with Gasteiger partial charge >= 0.3 is 0 Å². The van der Waals surface area contributed by atoms with Gasteiger partial charge in [-0.05, 0) is 212 Å². The highest BCUT2D eigenvalue weighted by Crippen LogP contribution is 2.52. The number of fused-ring (bicyclic) bond motifs is 16. The highest BCUT2D eigenvalue weighted by Gasteiger charge is 2.51. The first-order valence-corrected chi connectivity index (χ1v) is 34.2. The minimum atomic E-state index is -0.115. The maximum Gasteiger partial charge on any atom is 0.256 e. The molecule has 4 aliphatic carbocycles. The predicted molar refractivity (Wildman–Crippen MR) is 371 cm³/mol. The third-order valence-corrected chi connectivity index (χ3v) is 23.5. The van der Waals surface area contributed by atoms with Crippen molar-refractivity contribution in [1.29, 1.82) is 0 Å². The molecule has 4 fully saturated rings. The van der Waals surface area contributed by atoms with E-state index in [0.717, 1.165) is 34.4 Å². The molecule has 0 N–H and O–H groups in total. The van der Waals surface area contributed by atoms with Crippen molar-refractivity contribution in [2.45, 2.75) is 179 Å². The molecule has 6 heteroatoms. The van der Waals surface area contributed by atoms with Gasteiger partial charge in [0.25, 0.3) is 13.4 Å². The molecule has 9 aromatic carbocycles. The lowest BCUT2D eigenvalue weighted by Gasteiger charge is -2.41. The lowest BCUT2D eigenvalue weighted by molar-refractivity contribution is 0.472. The number of ether oxygens (including phenoxy) is 2. The zero-order valence-corrected chi connectivity index (χ0v) is 52.3. The van der Waals surface area contributed by atoms with Gasteiger partial charge in [0.05, 0.1) is 22.4 Å². The van der Waals surface area contributed by atoms with Crippen LogP contribution in [0, 0.1) is 0 Å². The third kappa shape index (κ3) is 7.59. The van der Waals surface area contributed by atoms with Crippen molar-refractivity contribution in [2.75, 3.05) is 0 Å². The highest BCUT2D eigenvalue weighted by molar-refractivity contribution is 7.02. The fourth-order valence-electron chi connectivity index (χ4n) is 18.8. The van der Waals surface area contributed by atoms with Gasteiger partial charge in [-0.15, -0.1) is 0 Å². The summed E-state index contributed by atoms with van der Waals surface area (Å²) in [6.45, 7) is 13.6. The number of benzene rings is 9. The molecule has 19 rings (SSSR count). The Morgan fingerprint density at radius 3 is 1.05 bits per heavy atom. The van der Waals surface area contributed by atoms with E-state index in [1.165, 1.54) is 235 Å². The zero-order valence-electron chi connectivity index (χ0n) is 52.3. The van der Waals surface area contributed by atoms with E-state index < -0.39 is 0 Å². The molecule has 8 aliphatic rings. The van der Waals surface area contributed by atoms with Gasteiger partial charge < -0.3 is 18.6 Å². The Hall–Kier alpha value is -7.69. The fraction of sp³-hybridized carbons (Fsp3) is 0.341. The Kier molecular flexibility index (Phi) is 11.2. The van der Waals surface area contributed by atoms with Crippen molar-refractivity contribution in [3.05, 3.63) is 179 Å². The second kappa shape index (κ2) is 18.9. The second-order valence-corrected chi connectivity index (χ2v) is 30.6. The molecule has 4 saturated carbocycles. The van der Waals surface area contributed by atoms with E-state index in [9.17, 15) is 0 Å².